The second-order valence-corrected chi connectivity index (χ2v) is 10.2. The van der Waals surface area contributed by atoms with E-state index in [0.717, 1.165) is 16.7 Å². The van der Waals surface area contributed by atoms with Crippen LogP contribution in [0.1, 0.15) is 17.0 Å². The van der Waals surface area contributed by atoms with Crippen LogP contribution in [0.25, 0.3) is 11.1 Å². The van der Waals surface area contributed by atoms with E-state index >= 15 is 0 Å². The molecule has 3 aromatic carbocycles. The van der Waals surface area contributed by atoms with Gasteiger partial charge in [-0.3, -0.25) is 19.6 Å². The SMILES string of the molecule is O=C(NOCc1ccccc1)C1Cc2nccnc2CN1S(=O)(=O)c1ccc(-c2ccccc2)cc1. The molecule has 8 nitrogen and oxygen atoms in total. The summed E-state index contributed by atoms with van der Waals surface area (Å²) in [6.45, 7) is 0.0894. The van der Waals surface area contributed by atoms with Crippen LogP contribution in [0.2, 0.25) is 0 Å². The Hall–Kier alpha value is -3.92. The molecule has 0 fully saturated rings. The van der Waals surface area contributed by atoms with Gasteiger partial charge in [0.2, 0.25) is 10.0 Å². The zero-order valence-electron chi connectivity index (χ0n) is 19.3. The number of nitrogens with one attached hydrogen (secondary N) is 1. The summed E-state index contributed by atoms with van der Waals surface area (Å²) >= 11 is 0. The number of aromatic nitrogens is 2. The number of amides is 1. The summed E-state index contributed by atoms with van der Waals surface area (Å²) in [5.41, 5.74) is 6.29. The Bertz CT molecular complexity index is 1450. The maximum absolute atomic E-state index is 13.7. The van der Waals surface area contributed by atoms with Gasteiger partial charge >= 0.3 is 0 Å². The van der Waals surface area contributed by atoms with E-state index in [2.05, 4.69) is 15.4 Å². The molecule has 0 bridgehead atoms. The second kappa shape index (κ2) is 10.4. The number of fused-ring (bicyclic) bond motifs is 1. The topological polar surface area (TPSA) is 101 Å². The Morgan fingerprint density at radius 2 is 1.47 bits per heavy atom. The van der Waals surface area contributed by atoms with E-state index in [1.54, 1.807) is 24.3 Å². The molecule has 36 heavy (non-hydrogen) atoms. The molecule has 182 valence electrons. The number of benzene rings is 3. The van der Waals surface area contributed by atoms with E-state index in [0.29, 0.717) is 11.4 Å². The van der Waals surface area contributed by atoms with E-state index in [4.69, 9.17) is 4.84 Å². The summed E-state index contributed by atoms with van der Waals surface area (Å²) in [4.78, 5) is 27.2. The maximum atomic E-state index is 13.7. The third-order valence-corrected chi connectivity index (χ3v) is 7.89. The van der Waals surface area contributed by atoms with Crippen LogP contribution in [-0.2, 0) is 39.2 Å². The summed E-state index contributed by atoms with van der Waals surface area (Å²) < 4.78 is 28.6. The van der Waals surface area contributed by atoms with Gasteiger partial charge in [0.1, 0.15) is 6.04 Å². The standard InChI is InChI=1S/C27H24N4O4S/c32-27(30-35-19-20-7-3-1-4-8-20)26-17-24-25(29-16-15-28-24)18-31(26)36(33,34)23-13-11-22(12-14-23)21-9-5-2-6-10-21/h1-16,26H,17-19H2,(H,30,32). The number of nitrogens with zero attached hydrogens (tertiary/aromatic N) is 3. The fourth-order valence-corrected chi connectivity index (χ4v) is 5.68. The van der Waals surface area contributed by atoms with Crippen LogP contribution in [0.3, 0.4) is 0 Å². The summed E-state index contributed by atoms with van der Waals surface area (Å²) in [6, 6.07) is 24.7. The quantitative estimate of drug-likeness (QED) is 0.390. The third kappa shape index (κ3) is 5.03. The smallest absolute Gasteiger partial charge is 0.262 e. The summed E-state index contributed by atoms with van der Waals surface area (Å²) in [6.07, 6.45) is 3.14. The van der Waals surface area contributed by atoms with Gasteiger partial charge in [0, 0.05) is 18.8 Å². The van der Waals surface area contributed by atoms with Gasteiger partial charge in [-0.25, -0.2) is 13.9 Å². The zero-order valence-corrected chi connectivity index (χ0v) is 20.1. The molecule has 1 unspecified atom stereocenters. The monoisotopic (exact) mass is 500 g/mol. The van der Waals surface area contributed by atoms with E-state index in [1.165, 1.54) is 16.7 Å². The number of hydroxylamine groups is 1. The van der Waals surface area contributed by atoms with Crippen LogP contribution in [0.4, 0.5) is 0 Å². The van der Waals surface area contributed by atoms with Crippen LogP contribution in [-0.4, -0.2) is 34.6 Å². The molecular weight excluding hydrogens is 476 g/mol. The summed E-state index contributed by atoms with van der Waals surface area (Å²) in [5, 5.41) is 0. The molecule has 4 aromatic rings. The van der Waals surface area contributed by atoms with Crippen LogP contribution in [0.5, 0.6) is 0 Å². The lowest BCUT2D eigenvalue weighted by atomic mass is 10.0. The van der Waals surface area contributed by atoms with Crippen molar-refractivity contribution >= 4 is 15.9 Å². The van der Waals surface area contributed by atoms with Crippen molar-refractivity contribution in [1.82, 2.24) is 19.8 Å². The van der Waals surface area contributed by atoms with Crippen molar-refractivity contribution in [2.45, 2.75) is 30.5 Å². The molecule has 2 heterocycles. The second-order valence-electron chi connectivity index (χ2n) is 8.35. The van der Waals surface area contributed by atoms with Crippen molar-refractivity contribution < 1.29 is 18.0 Å². The normalized spacial score (nSPS) is 15.7. The molecule has 0 spiro atoms. The van der Waals surface area contributed by atoms with E-state index in [-0.39, 0.29) is 24.5 Å². The highest BCUT2D eigenvalue weighted by atomic mass is 32.2. The summed E-state index contributed by atoms with van der Waals surface area (Å²) in [7, 11) is -4.03. The van der Waals surface area contributed by atoms with Gasteiger partial charge in [-0.05, 0) is 28.8 Å². The molecule has 0 radical (unpaired) electrons. The van der Waals surface area contributed by atoms with Gasteiger partial charge < -0.3 is 0 Å². The lowest BCUT2D eigenvalue weighted by molar-refractivity contribution is -0.139. The first kappa shape index (κ1) is 23.8. The first-order chi connectivity index (χ1) is 17.5. The van der Waals surface area contributed by atoms with Gasteiger partial charge in [-0.2, -0.15) is 4.31 Å². The lowest BCUT2D eigenvalue weighted by Crippen LogP contribution is -2.52. The Morgan fingerprint density at radius 3 is 2.17 bits per heavy atom. The average molecular weight is 501 g/mol. The number of hydrogen-bond donors (Lipinski definition) is 1. The number of carbonyl (C=O) groups excluding carboxylic acids is 1. The van der Waals surface area contributed by atoms with Crippen molar-refractivity contribution in [3.8, 4) is 11.1 Å². The highest BCUT2D eigenvalue weighted by Gasteiger charge is 2.41. The predicted molar refractivity (Wildman–Crippen MR) is 134 cm³/mol. The van der Waals surface area contributed by atoms with Crippen molar-refractivity contribution in [2.24, 2.45) is 0 Å². The highest BCUT2D eigenvalue weighted by Crippen LogP contribution is 2.29. The number of sulfonamides is 1. The minimum absolute atomic E-state index is 0.0668. The van der Waals surface area contributed by atoms with Gasteiger partial charge in [0.05, 0.1) is 29.4 Å². The molecule has 1 atom stereocenters. The predicted octanol–water partition coefficient (Wildman–Crippen LogP) is 3.51. The number of carbonyl (C=O) groups is 1. The number of hydrogen-bond acceptors (Lipinski definition) is 6. The minimum atomic E-state index is -4.03. The molecule has 0 saturated heterocycles. The van der Waals surface area contributed by atoms with Gasteiger partial charge in [0.25, 0.3) is 5.91 Å². The van der Waals surface area contributed by atoms with Crippen LogP contribution < -0.4 is 5.48 Å². The van der Waals surface area contributed by atoms with Crippen LogP contribution >= 0.6 is 0 Å². The molecule has 5 rings (SSSR count). The maximum Gasteiger partial charge on any atom is 0.262 e. The van der Waals surface area contributed by atoms with E-state index < -0.39 is 22.0 Å². The Balaban J connectivity index is 1.39. The molecule has 9 heteroatoms. The molecule has 0 saturated carbocycles. The van der Waals surface area contributed by atoms with Gasteiger partial charge in [-0.15, -0.1) is 0 Å². The van der Waals surface area contributed by atoms with Crippen LogP contribution in [0.15, 0.2) is 102 Å². The first-order valence-corrected chi connectivity index (χ1v) is 12.9. The van der Waals surface area contributed by atoms with E-state index in [1.807, 2.05) is 60.7 Å². The lowest BCUT2D eigenvalue weighted by Gasteiger charge is -2.33. The molecule has 0 aliphatic carbocycles. The molecule has 1 aliphatic heterocycles. The van der Waals surface area contributed by atoms with Crippen molar-refractivity contribution in [3.63, 3.8) is 0 Å². The Labute approximate surface area is 209 Å². The highest BCUT2D eigenvalue weighted by molar-refractivity contribution is 7.89. The largest absolute Gasteiger partial charge is 0.271 e. The van der Waals surface area contributed by atoms with E-state index in [9.17, 15) is 13.2 Å². The molecule has 1 amide bonds. The number of rotatable bonds is 7. The van der Waals surface area contributed by atoms with Crippen LogP contribution in [0, 0.1) is 0 Å². The van der Waals surface area contributed by atoms with Crippen molar-refractivity contribution in [1.29, 1.82) is 0 Å². The fraction of sp³-hybridized carbons (Fsp3) is 0.148. The van der Waals surface area contributed by atoms with Gasteiger partial charge in [-0.1, -0.05) is 72.8 Å². The molecule has 1 N–H and O–H groups in total. The molecule has 1 aliphatic rings. The van der Waals surface area contributed by atoms with Gasteiger partial charge in [0.15, 0.2) is 0 Å². The Kier molecular flexibility index (Phi) is 6.86. The third-order valence-electron chi connectivity index (χ3n) is 6.03. The van der Waals surface area contributed by atoms with Crippen molar-refractivity contribution in [3.05, 3.63) is 114 Å². The zero-order chi connectivity index (χ0) is 25.0. The molecular formula is C27H24N4O4S. The van der Waals surface area contributed by atoms with Crippen molar-refractivity contribution in [2.75, 3.05) is 0 Å². The average Bonchev–Trinajstić information content (AvgIpc) is 2.93. The fourth-order valence-electron chi connectivity index (χ4n) is 4.14. The molecule has 1 aromatic heterocycles. The summed E-state index contributed by atoms with van der Waals surface area (Å²) in [5.74, 6) is -0.563. The first-order valence-electron chi connectivity index (χ1n) is 11.4. The minimum Gasteiger partial charge on any atom is -0.271 e. The Morgan fingerprint density at radius 1 is 0.861 bits per heavy atom.